The highest BCUT2D eigenvalue weighted by Crippen LogP contribution is 2.92. The van der Waals surface area contributed by atoms with Gasteiger partial charge < -0.3 is 5.32 Å². The van der Waals surface area contributed by atoms with E-state index in [9.17, 15) is 24.0 Å². The molecule has 8 nitrogen and oxygen atoms in total. The van der Waals surface area contributed by atoms with Gasteiger partial charge in [-0.2, -0.15) is 0 Å². The van der Waals surface area contributed by atoms with Crippen molar-refractivity contribution >= 4 is 62.7 Å². The Morgan fingerprint density at radius 2 is 1.84 bits per heavy atom. The fourth-order valence-electron chi connectivity index (χ4n) is 9.88. The molecule has 0 radical (unpaired) electrons. The molecule has 3 heterocycles. The van der Waals surface area contributed by atoms with Crippen LogP contribution < -0.4 is 10.6 Å². The van der Waals surface area contributed by atoms with Crippen LogP contribution in [0, 0.1) is 28.6 Å². The third-order valence-electron chi connectivity index (χ3n) is 11.6. The van der Waals surface area contributed by atoms with E-state index in [1.165, 1.54) is 37.4 Å². The van der Waals surface area contributed by atoms with Gasteiger partial charge in [-0.15, -0.1) is 23.1 Å². The van der Waals surface area contributed by atoms with Gasteiger partial charge in [0, 0.05) is 38.8 Å². The Hall–Kier alpha value is -3.50. The summed E-state index contributed by atoms with van der Waals surface area (Å²) in [6.07, 6.45) is 5.65. The zero-order valence-corrected chi connectivity index (χ0v) is 24.9. The topological polar surface area (TPSA) is 113 Å². The summed E-state index contributed by atoms with van der Waals surface area (Å²) in [6, 6.07) is 12.2. The van der Waals surface area contributed by atoms with Crippen LogP contribution in [-0.2, 0) is 15.3 Å². The van der Waals surface area contributed by atoms with Crippen LogP contribution in [0.15, 0.2) is 47.4 Å². The molecule has 2 aliphatic heterocycles. The molecule has 3 unspecified atom stereocenters. The minimum Gasteiger partial charge on any atom is -0.351 e. The van der Waals surface area contributed by atoms with Crippen molar-refractivity contribution in [2.45, 2.75) is 55.2 Å². The van der Waals surface area contributed by atoms with E-state index < -0.39 is 29.7 Å². The molecule has 5 amide bonds. The molecule has 6 aliphatic rings. The number of fused-ring (bicyclic) bond motifs is 2. The standard InChI is InChI=1S/C33H29N3O5S2/c37-26-7-5-23(29(39)35-26)36-30(40)22-2-1-3-25(27(22)31(36)41)42-14-21-9-17-8-16(4-6-24(17)43-21)28(38)34-15-32-12-19-10-18-11-20(13-32)33(18,19)32/h1-4,6,8-9,18-20,23H,5,7,10-15H2,(H,34,38)(H,35,37,39). The minimum atomic E-state index is -0.985. The minimum absolute atomic E-state index is 0.000456. The third kappa shape index (κ3) is 3.31. The van der Waals surface area contributed by atoms with E-state index in [0.717, 1.165) is 44.2 Å². The van der Waals surface area contributed by atoms with Crippen molar-refractivity contribution in [1.29, 1.82) is 0 Å². The van der Waals surface area contributed by atoms with Crippen LogP contribution in [0.3, 0.4) is 0 Å². The summed E-state index contributed by atoms with van der Waals surface area (Å²) in [4.78, 5) is 66.5. The molecule has 3 atom stereocenters. The summed E-state index contributed by atoms with van der Waals surface area (Å²) in [5, 5.41) is 6.54. The van der Waals surface area contributed by atoms with Gasteiger partial charge in [-0.3, -0.25) is 34.2 Å². The normalized spacial score (nSPS) is 33.0. The Labute approximate surface area is 255 Å². The second kappa shape index (κ2) is 8.79. The number of rotatable bonds is 7. The maximum atomic E-state index is 13.4. The molecule has 218 valence electrons. The quantitative estimate of drug-likeness (QED) is 0.294. The third-order valence-corrected chi connectivity index (χ3v) is 14.0. The predicted octanol–water partition coefficient (Wildman–Crippen LogP) is 4.76. The number of carbonyl (C=O) groups excluding carboxylic acids is 5. The van der Waals surface area contributed by atoms with Gasteiger partial charge in [-0.1, -0.05) is 6.07 Å². The largest absolute Gasteiger partial charge is 0.351 e. The molecule has 1 spiro atoms. The summed E-state index contributed by atoms with van der Waals surface area (Å²) in [7, 11) is 0. The number of carbonyl (C=O) groups is 5. The van der Waals surface area contributed by atoms with Gasteiger partial charge in [-0.05, 0) is 102 Å². The molecule has 3 aromatic rings. The van der Waals surface area contributed by atoms with Crippen LogP contribution in [0.4, 0.5) is 0 Å². The van der Waals surface area contributed by atoms with Crippen molar-refractivity contribution in [3.8, 4) is 0 Å². The first-order valence-electron chi connectivity index (χ1n) is 15.1. The fraction of sp³-hybridized carbons (Fsp3) is 0.424. The van der Waals surface area contributed by atoms with E-state index in [2.05, 4.69) is 16.7 Å². The number of hydrogen-bond acceptors (Lipinski definition) is 7. The summed E-state index contributed by atoms with van der Waals surface area (Å²) >= 11 is 3.12. The first-order chi connectivity index (χ1) is 20.8. The maximum absolute atomic E-state index is 13.4. The van der Waals surface area contributed by atoms with Gasteiger partial charge in [0.25, 0.3) is 17.7 Å². The van der Waals surface area contributed by atoms with Gasteiger partial charge in [0.1, 0.15) is 6.04 Å². The molecule has 2 N–H and O–H groups in total. The van der Waals surface area contributed by atoms with Crippen molar-refractivity contribution in [2.24, 2.45) is 28.6 Å². The molecule has 4 aliphatic carbocycles. The van der Waals surface area contributed by atoms with Crippen LogP contribution in [0.25, 0.3) is 10.1 Å². The number of piperidine rings is 1. The van der Waals surface area contributed by atoms with Gasteiger partial charge in [0.2, 0.25) is 11.8 Å². The molecule has 2 aromatic carbocycles. The van der Waals surface area contributed by atoms with E-state index in [4.69, 9.17) is 0 Å². The lowest BCUT2D eigenvalue weighted by Crippen LogP contribution is -2.86. The second-order valence-electron chi connectivity index (χ2n) is 13.2. The average Bonchev–Trinajstić information content (AvgIpc) is 3.48. The van der Waals surface area contributed by atoms with Crippen molar-refractivity contribution in [2.75, 3.05) is 6.54 Å². The average molecular weight is 612 g/mol. The molecule has 1 aromatic heterocycles. The Kier molecular flexibility index (Phi) is 5.30. The maximum Gasteiger partial charge on any atom is 0.263 e. The van der Waals surface area contributed by atoms with E-state index in [-0.39, 0.29) is 24.3 Å². The van der Waals surface area contributed by atoms with Crippen LogP contribution in [-0.4, -0.2) is 47.0 Å². The first kappa shape index (κ1) is 25.9. The molecule has 43 heavy (non-hydrogen) atoms. The number of imide groups is 2. The van der Waals surface area contributed by atoms with Crippen LogP contribution in [0.5, 0.6) is 0 Å². The number of nitrogens with one attached hydrogen (secondary N) is 2. The zero-order chi connectivity index (χ0) is 29.2. The van der Waals surface area contributed by atoms with E-state index in [1.54, 1.807) is 23.5 Å². The van der Waals surface area contributed by atoms with E-state index in [1.807, 2.05) is 24.3 Å². The number of nitrogens with zero attached hydrogens (tertiary/aromatic N) is 1. The summed E-state index contributed by atoms with van der Waals surface area (Å²) < 4.78 is 1.09. The number of thioether (sulfide) groups is 1. The number of benzene rings is 2. The molecular weight excluding hydrogens is 583 g/mol. The SMILES string of the molecule is O=C1CCC(N2C(=O)c3cccc(SCc4cc5cc(C(=O)NCC67CC8CC9CC(C6)C987)ccc5s4)c3C2=O)C(=O)N1. The Morgan fingerprint density at radius 1 is 1.02 bits per heavy atom. The first-order valence-corrected chi connectivity index (χ1v) is 16.9. The van der Waals surface area contributed by atoms with Crippen LogP contribution in [0.1, 0.15) is 74.5 Å². The highest BCUT2D eigenvalue weighted by Gasteiger charge is 2.87. The second-order valence-corrected chi connectivity index (χ2v) is 15.4. The zero-order valence-electron chi connectivity index (χ0n) is 23.3. The monoisotopic (exact) mass is 611 g/mol. The lowest BCUT2D eigenvalue weighted by atomic mass is 9.13. The highest BCUT2D eigenvalue weighted by atomic mass is 32.2. The molecular formula is C33H29N3O5S2. The van der Waals surface area contributed by atoms with Crippen molar-refractivity contribution in [1.82, 2.24) is 15.5 Å². The van der Waals surface area contributed by atoms with Gasteiger partial charge >= 0.3 is 0 Å². The predicted molar refractivity (Wildman–Crippen MR) is 161 cm³/mol. The Morgan fingerprint density at radius 3 is 2.58 bits per heavy atom. The van der Waals surface area contributed by atoms with Gasteiger partial charge in [-0.25, -0.2) is 0 Å². The van der Waals surface area contributed by atoms with Gasteiger partial charge in [0.05, 0.1) is 11.1 Å². The summed E-state index contributed by atoms with van der Waals surface area (Å²) in [6.45, 7) is 0.808. The molecule has 0 bridgehead atoms. The highest BCUT2D eigenvalue weighted by molar-refractivity contribution is 7.98. The van der Waals surface area contributed by atoms with Crippen molar-refractivity contribution in [3.05, 3.63) is 64.0 Å². The molecule has 10 heteroatoms. The van der Waals surface area contributed by atoms with E-state index in [0.29, 0.717) is 32.6 Å². The van der Waals surface area contributed by atoms with Crippen LogP contribution in [0.2, 0.25) is 0 Å². The number of thiophene rings is 1. The van der Waals surface area contributed by atoms with Crippen molar-refractivity contribution < 1.29 is 24.0 Å². The molecule has 4 saturated carbocycles. The van der Waals surface area contributed by atoms with Gasteiger partial charge in [0.15, 0.2) is 0 Å². The molecule has 1 saturated heterocycles. The fourth-order valence-corrected chi connectivity index (χ4v) is 12.0. The van der Waals surface area contributed by atoms with Crippen molar-refractivity contribution in [3.63, 3.8) is 0 Å². The van der Waals surface area contributed by atoms with Crippen LogP contribution >= 0.6 is 23.1 Å². The summed E-state index contributed by atoms with van der Waals surface area (Å²) in [5.74, 6) is 1.37. The smallest absolute Gasteiger partial charge is 0.263 e. The molecule has 9 rings (SSSR count). The Balaban J connectivity index is 0.885. The molecule has 5 fully saturated rings. The number of hydrogen-bond donors (Lipinski definition) is 2. The van der Waals surface area contributed by atoms with E-state index >= 15 is 0 Å². The number of amides is 5. The lowest BCUT2D eigenvalue weighted by Gasteiger charge is -2.91. The lowest BCUT2D eigenvalue weighted by molar-refractivity contribution is -0.428. The summed E-state index contributed by atoms with van der Waals surface area (Å²) in [5.41, 5.74) is 2.25. The Bertz CT molecular complexity index is 1800.